The molecule has 2 nitrogen and oxygen atoms in total. The van der Waals surface area contributed by atoms with Gasteiger partial charge in [-0.25, -0.2) is 4.39 Å². The van der Waals surface area contributed by atoms with Gasteiger partial charge in [0, 0.05) is 18.4 Å². The van der Waals surface area contributed by atoms with Gasteiger partial charge in [0.25, 0.3) is 0 Å². The third-order valence-electron chi connectivity index (χ3n) is 4.37. The van der Waals surface area contributed by atoms with Crippen LogP contribution in [-0.4, -0.2) is 12.2 Å². The smallest absolute Gasteiger partial charge is 0.123 e. The maximum Gasteiger partial charge on any atom is 0.123 e. The predicted molar refractivity (Wildman–Crippen MR) is 72.2 cm³/mol. The van der Waals surface area contributed by atoms with Crippen molar-refractivity contribution in [1.29, 1.82) is 5.26 Å². The van der Waals surface area contributed by atoms with Gasteiger partial charge in [0.15, 0.2) is 0 Å². The molecule has 1 aromatic rings. The average molecular weight is 261 g/mol. The van der Waals surface area contributed by atoms with Crippen molar-refractivity contribution in [3.8, 4) is 6.07 Å². The van der Waals surface area contributed by atoms with E-state index in [0.29, 0.717) is 13.0 Å². The van der Waals surface area contributed by atoms with Gasteiger partial charge in [0.1, 0.15) is 5.82 Å². The standard InChI is InChI=1S/C16H20FNO/c1-3-15(2)12-16(8-10-18,9-11-19-15)13-4-6-14(17)7-5-13/h4-7H,3,8-9,11-12H2,1-2H3. The first-order chi connectivity index (χ1) is 9.03. The molecule has 19 heavy (non-hydrogen) atoms. The molecule has 0 saturated carbocycles. The van der Waals surface area contributed by atoms with Crippen molar-refractivity contribution in [3.63, 3.8) is 0 Å². The Balaban J connectivity index is 2.37. The number of hydrogen-bond acceptors (Lipinski definition) is 2. The lowest BCUT2D eigenvalue weighted by molar-refractivity contribution is -0.0957. The van der Waals surface area contributed by atoms with E-state index < -0.39 is 0 Å². The lowest BCUT2D eigenvalue weighted by Crippen LogP contribution is -2.45. The van der Waals surface area contributed by atoms with E-state index in [1.54, 1.807) is 0 Å². The number of hydrogen-bond donors (Lipinski definition) is 0. The topological polar surface area (TPSA) is 33.0 Å². The van der Waals surface area contributed by atoms with Crippen LogP contribution < -0.4 is 0 Å². The Bertz CT molecular complexity index is 479. The van der Waals surface area contributed by atoms with Crippen LogP contribution >= 0.6 is 0 Å². The minimum atomic E-state index is -0.235. The zero-order valence-electron chi connectivity index (χ0n) is 11.6. The molecule has 0 aromatic heterocycles. The van der Waals surface area contributed by atoms with Gasteiger partial charge < -0.3 is 4.74 Å². The van der Waals surface area contributed by atoms with Gasteiger partial charge in [0.2, 0.25) is 0 Å². The molecule has 1 aliphatic heterocycles. The van der Waals surface area contributed by atoms with Gasteiger partial charge in [-0.2, -0.15) is 5.26 Å². The summed E-state index contributed by atoms with van der Waals surface area (Å²) in [5, 5.41) is 9.18. The van der Waals surface area contributed by atoms with Crippen LogP contribution in [0.2, 0.25) is 0 Å². The summed E-state index contributed by atoms with van der Waals surface area (Å²) in [4.78, 5) is 0. The first-order valence-electron chi connectivity index (χ1n) is 6.81. The average Bonchev–Trinajstić information content (AvgIpc) is 2.40. The van der Waals surface area contributed by atoms with Crippen molar-refractivity contribution in [2.75, 3.05) is 6.61 Å². The Morgan fingerprint density at radius 2 is 2.05 bits per heavy atom. The summed E-state index contributed by atoms with van der Waals surface area (Å²) in [6.07, 6.45) is 3.01. The highest BCUT2D eigenvalue weighted by Gasteiger charge is 2.43. The van der Waals surface area contributed by atoms with Crippen LogP contribution in [0.3, 0.4) is 0 Å². The lowest BCUT2D eigenvalue weighted by atomic mass is 9.67. The third kappa shape index (κ3) is 2.79. The van der Waals surface area contributed by atoms with Crippen LogP contribution in [0.5, 0.6) is 0 Å². The fourth-order valence-corrected chi connectivity index (χ4v) is 3.03. The Labute approximate surface area is 114 Å². The van der Waals surface area contributed by atoms with Crippen LogP contribution in [0.1, 0.15) is 45.1 Å². The monoisotopic (exact) mass is 261 g/mol. The molecule has 102 valence electrons. The van der Waals surface area contributed by atoms with E-state index in [-0.39, 0.29) is 16.8 Å². The van der Waals surface area contributed by atoms with E-state index in [2.05, 4.69) is 19.9 Å². The van der Waals surface area contributed by atoms with E-state index in [1.165, 1.54) is 12.1 Å². The number of benzene rings is 1. The van der Waals surface area contributed by atoms with E-state index in [9.17, 15) is 9.65 Å². The van der Waals surface area contributed by atoms with Crippen LogP contribution in [0.15, 0.2) is 24.3 Å². The van der Waals surface area contributed by atoms with Crippen LogP contribution in [0, 0.1) is 17.1 Å². The molecule has 2 unspecified atom stereocenters. The van der Waals surface area contributed by atoms with Crippen molar-refractivity contribution in [1.82, 2.24) is 0 Å². The molecule has 2 atom stereocenters. The SMILES string of the molecule is CCC1(C)CC(CC#N)(c2ccc(F)cc2)CCO1. The third-order valence-corrected chi connectivity index (χ3v) is 4.37. The first kappa shape index (κ1) is 14.0. The molecule has 0 amide bonds. The molecule has 1 saturated heterocycles. The largest absolute Gasteiger partial charge is 0.375 e. The lowest BCUT2D eigenvalue weighted by Gasteiger charge is -2.45. The normalized spacial score (nSPS) is 30.8. The zero-order valence-corrected chi connectivity index (χ0v) is 11.6. The van der Waals surface area contributed by atoms with Gasteiger partial charge >= 0.3 is 0 Å². The Kier molecular flexibility index (Phi) is 3.91. The van der Waals surface area contributed by atoms with Crippen LogP contribution in [0.4, 0.5) is 4.39 Å². The number of ether oxygens (including phenoxy) is 1. The number of nitriles is 1. The molecule has 2 rings (SSSR count). The minimum Gasteiger partial charge on any atom is -0.375 e. The second-order valence-electron chi connectivity index (χ2n) is 5.70. The molecule has 1 aromatic carbocycles. The second kappa shape index (κ2) is 5.30. The highest BCUT2D eigenvalue weighted by atomic mass is 19.1. The number of halogens is 1. The fourth-order valence-electron chi connectivity index (χ4n) is 3.03. The Morgan fingerprint density at radius 3 is 2.63 bits per heavy atom. The van der Waals surface area contributed by atoms with Crippen molar-refractivity contribution in [2.24, 2.45) is 0 Å². The summed E-state index contributed by atoms with van der Waals surface area (Å²) in [6, 6.07) is 8.89. The van der Waals surface area contributed by atoms with Gasteiger partial charge in [-0.1, -0.05) is 19.1 Å². The fraction of sp³-hybridized carbons (Fsp3) is 0.562. The van der Waals surface area contributed by atoms with Crippen molar-refractivity contribution >= 4 is 0 Å². The summed E-state index contributed by atoms with van der Waals surface area (Å²) >= 11 is 0. The molecule has 0 aliphatic carbocycles. The van der Waals surface area contributed by atoms with Gasteiger partial charge in [-0.3, -0.25) is 0 Å². The van der Waals surface area contributed by atoms with E-state index in [1.807, 2.05) is 12.1 Å². The maximum absolute atomic E-state index is 13.1. The van der Waals surface area contributed by atoms with Crippen molar-refractivity contribution in [2.45, 2.75) is 50.5 Å². The maximum atomic E-state index is 13.1. The van der Waals surface area contributed by atoms with Crippen LogP contribution in [0.25, 0.3) is 0 Å². The summed E-state index contributed by atoms with van der Waals surface area (Å²) in [7, 11) is 0. The molecule has 0 N–H and O–H groups in total. The van der Waals surface area contributed by atoms with Gasteiger partial charge in [-0.05, 0) is 43.9 Å². The molecular weight excluding hydrogens is 241 g/mol. The molecule has 0 bridgehead atoms. The molecule has 0 radical (unpaired) electrons. The van der Waals surface area contributed by atoms with E-state index in [0.717, 1.165) is 24.8 Å². The van der Waals surface area contributed by atoms with Gasteiger partial charge in [-0.15, -0.1) is 0 Å². The molecule has 0 spiro atoms. The zero-order chi connectivity index (χ0) is 13.9. The molecular formula is C16H20FNO. The van der Waals surface area contributed by atoms with Crippen LogP contribution in [-0.2, 0) is 10.2 Å². The summed E-state index contributed by atoms with van der Waals surface area (Å²) in [5.74, 6) is -0.235. The molecule has 1 fully saturated rings. The molecule has 3 heteroatoms. The van der Waals surface area contributed by atoms with E-state index >= 15 is 0 Å². The van der Waals surface area contributed by atoms with E-state index in [4.69, 9.17) is 4.74 Å². The Hall–Kier alpha value is -1.40. The predicted octanol–water partition coefficient (Wildman–Crippen LogP) is 3.96. The highest BCUT2D eigenvalue weighted by Crippen LogP contribution is 2.45. The van der Waals surface area contributed by atoms with Crippen molar-refractivity contribution in [3.05, 3.63) is 35.6 Å². The minimum absolute atomic E-state index is 0.191. The second-order valence-corrected chi connectivity index (χ2v) is 5.70. The first-order valence-corrected chi connectivity index (χ1v) is 6.81. The quantitative estimate of drug-likeness (QED) is 0.825. The highest BCUT2D eigenvalue weighted by molar-refractivity contribution is 5.29. The summed E-state index contributed by atoms with van der Waals surface area (Å²) < 4.78 is 19.0. The molecule has 1 heterocycles. The number of nitrogens with zero attached hydrogens (tertiary/aromatic N) is 1. The number of rotatable bonds is 3. The summed E-state index contributed by atoms with van der Waals surface area (Å²) in [6.45, 7) is 4.86. The van der Waals surface area contributed by atoms with Crippen molar-refractivity contribution < 1.29 is 9.13 Å². The Morgan fingerprint density at radius 1 is 1.37 bits per heavy atom. The molecule has 1 aliphatic rings. The van der Waals surface area contributed by atoms with Gasteiger partial charge in [0.05, 0.1) is 11.7 Å². The summed E-state index contributed by atoms with van der Waals surface area (Å²) in [5.41, 5.74) is 0.660.